The molecule has 0 radical (unpaired) electrons. The molecule has 32 heavy (non-hydrogen) atoms. The summed E-state index contributed by atoms with van der Waals surface area (Å²) in [5.74, 6) is 0.318. The number of aromatic nitrogens is 3. The number of benzene rings is 2. The van der Waals surface area contributed by atoms with E-state index in [0.29, 0.717) is 22.2 Å². The zero-order chi connectivity index (χ0) is 22.3. The molecule has 2 unspecified atom stereocenters. The summed E-state index contributed by atoms with van der Waals surface area (Å²) < 4.78 is 7.75. The van der Waals surface area contributed by atoms with Gasteiger partial charge in [-0.05, 0) is 58.5 Å². The lowest BCUT2D eigenvalue weighted by Gasteiger charge is -2.35. The number of para-hydroxylation sites is 2. The van der Waals surface area contributed by atoms with E-state index in [1.807, 2.05) is 42.5 Å². The van der Waals surface area contributed by atoms with Crippen molar-refractivity contribution in [1.82, 2.24) is 15.0 Å². The molecule has 1 fully saturated rings. The summed E-state index contributed by atoms with van der Waals surface area (Å²) in [5.41, 5.74) is 2.81. The summed E-state index contributed by atoms with van der Waals surface area (Å²) in [5, 5.41) is 0.886. The molecule has 0 saturated heterocycles. The minimum absolute atomic E-state index is 0.172. The van der Waals surface area contributed by atoms with Gasteiger partial charge in [-0.3, -0.25) is 9.78 Å². The molecule has 2 aromatic carbocycles. The molecule has 0 spiro atoms. The van der Waals surface area contributed by atoms with E-state index in [1.165, 1.54) is 0 Å². The van der Waals surface area contributed by atoms with E-state index in [-0.39, 0.29) is 17.3 Å². The van der Waals surface area contributed by atoms with Gasteiger partial charge in [0, 0.05) is 22.0 Å². The van der Waals surface area contributed by atoms with Crippen molar-refractivity contribution in [3.63, 3.8) is 0 Å². The third kappa shape index (κ3) is 2.49. The highest BCUT2D eigenvalue weighted by Crippen LogP contribution is 2.67. The van der Waals surface area contributed by atoms with Crippen LogP contribution in [0.15, 0.2) is 57.6 Å². The molecule has 0 amide bonds. The largest absolute Gasteiger partial charge is 0.422 e. The average Bonchev–Trinajstić information content (AvgIpc) is 3.16. The Balaban J connectivity index is 1.53. The van der Waals surface area contributed by atoms with Crippen molar-refractivity contribution < 1.29 is 9.53 Å². The van der Waals surface area contributed by atoms with Gasteiger partial charge < -0.3 is 4.74 Å². The first-order valence-corrected chi connectivity index (χ1v) is 12.2. The van der Waals surface area contributed by atoms with Crippen molar-refractivity contribution >= 4 is 59.8 Å². The van der Waals surface area contributed by atoms with Gasteiger partial charge in [-0.2, -0.15) is 0 Å². The highest BCUT2D eigenvalue weighted by molar-refractivity contribution is 9.11. The number of hydrogen-bond donors (Lipinski definition) is 0. The number of esters is 1. The summed E-state index contributed by atoms with van der Waals surface area (Å²) in [6, 6.07) is 13.5. The molecule has 160 valence electrons. The van der Waals surface area contributed by atoms with Crippen LogP contribution < -0.4 is 4.74 Å². The van der Waals surface area contributed by atoms with Crippen LogP contribution in [0.3, 0.4) is 0 Å². The Morgan fingerprint density at radius 2 is 1.81 bits per heavy atom. The van der Waals surface area contributed by atoms with Gasteiger partial charge in [-0.25, -0.2) is 9.97 Å². The average molecular weight is 553 g/mol. The molecule has 0 aliphatic heterocycles. The van der Waals surface area contributed by atoms with Gasteiger partial charge in [-0.15, -0.1) is 0 Å². The van der Waals surface area contributed by atoms with Gasteiger partial charge in [0.2, 0.25) is 0 Å². The second kappa shape index (κ2) is 6.81. The Bertz CT molecular complexity index is 1450. The molecular weight excluding hydrogens is 534 g/mol. The van der Waals surface area contributed by atoms with Crippen molar-refractivity contribution in [2.24, 2.45) is 5.41 Å². The smallest absolute Gasteiger partial charge is 0.324 e. The highest BCUT2D eigenvalue weighted by Gasteiger charge is 2.69. The van der Waals surface area contributed by atoms with Crippen LogP contribution in [0.2, 0.25) is 0 Å². The van der Waals surface area contributed by atoms with Crippen LogP contribution >= 0.6 is 31.9 Å². The maximum Gasteiger partial charge on any atom is 0.324 e. The number of halogens is 2. The fourth-order valence-corrected chi connectivity index (χ4v) is 7.05. The van der Waals surface area contributed by atoms with Gasteiger partial charge >= 0.3 is 5.97 Å². The zero-order valence-electron chi connectivity index (χ0n) is 17.5. The normalized spacial score (nSPS) is 22.9. The molecule has 2 aliphatic rings. The summed E-state index contributed by atoms with van der Waals surface area (Å²) >= 11 is 7.15. The number of rotatable bonds is 2. The summed E-state index contributed by atoms with van der Waals surface area (Å²) in [6.45, 7) is 4.29. The molecule has 0 N–H and O–H groups in total. The molecule has 2 atom stereocenters. The lowest BCUT2D eigenvalue weighted by Crippen LogP contribution is -2.46. The minimum Gasteiger partial charge on any atom is -0.422 e. The Kier molecular flexibility index (Phi) is 4.31. The van der Waals surface area contributed by atoms with E-state index in [4.69, 9.17) is 14.7 Å². The van der Waals surface area contributed by atoms with Gasteiger partial charge in [0.1, 0.15) is 10.9 Å². The van der Waals surface area contributed by atoms with Crippen molar-refractivity contribution in [1.29, 1.82) is 0 Å². The van der Waals surface area contributed by atoms with Crippen LogP contribution in [-0.4, -0.2) is 20.9 Å². The quantitative estimate of drug-likeness (QED) is 0.211. The molecule has 2 aromatic heterocycles. The van der Waals surface area contributed by atoms with E-state index in [0.717, 1.165) is 38.7 Å². The standard InChI is InChI=1S/C25H19Br2N3O2/c1-24(2)14-9-10-25(24,22-20(14)29-17-7-3-4-8-18(17)30-22)23(31)32-21-16(27)12-15(26)13-6-5-11-28-19(13)21/h3-8,11-12,14H,9-10H2,1-2H3. The summed E-state index contributed by atoms with van der Waals surface area (Å²) in [6.07, 6.45) is 3.29. The first kappa shape index (κ1) is 20.2. The topological polar surface area (TPSA) is 65.0 Å². The van der Waals surface area contributed by atoms with E-state index in [9.17, 15) is 4.79 Å². The maximum absolute atomic E-state index is 14.0. The van der Waals surface area contributed by atoms with Crippen LogP contribution in [-0.2, 0) is 10.2 Å². The zero-order valence-corrected chi connectivity index (χ0v) is 20.7. The van der Waals surface area contributed by atoms with Crippen LogP contribution in [0.1, 0.15) is 44.0 Å². The van der Waals surface area contributed by atoms with Crippen molar-refractivity contribution in [3.05, 3.63) is 69.0 Å². The lowest BCUT2D eigenvalue weighted by atomic mass is 9.68. The molecule has 2 heterocycles. The molecule has 2 bridgehead atoms. The number of pyridine rings is 1. The van der Waals surface area contributed by atoms with E-state index in [1.54, 1.807) is 6.20 Å². The van der Waals surface area contributed by atoms with Crippen molar-refractivity contribution in [2.45, 2.75) is 38.0 Å². The Labute approximate surface area is 201 Å². The molecule has 4 aromatic rings. The molecule has 5 nitrogen and oxygen atoms in total. The predicted molar refractivity (Wildman–Crippen MR) is 130 cm³/mol. The fourth-order valence-electron chi connectivity index (χ4n) is 5.70. The fraction of sp³-hybridized carbons (Fsp3) is 0.280. The highest BCUT2D eigenvalue weighted by atomic mass is 79.9. The first-order chi connectivity index (χ1) is 15.3. The van der Waals surface area contributed by atoms with Gasteiger partial charge in [0.25, 0.3) is 0 Å². The second-order valence-electron chi connectivity index (χ2n) is 9.12. The summed E-state index contributed by atoms with van der Waals surface area (Å²) in [4.78, 5) is 28.5. The number of carbonyl (C=O) groups excluding carboxylic acids is 1. The SMILES string of the molecule is CC1(C)C2CCC1(C(=O)Oc1c(Br)cc(Br)c3cccnc13)c1nc3ccccc3nc12. The molecule has 7 heteroatoms. The Morgan fingerprint density at radius 1 is 1.06 bits per heavy atom. The van der Waals surface area contributed by atoms with E-state index in [2.05, 4.69) is 50.7 Å². The Morgan fingerprint density at radius 3 is 2.59 bits per heavy atom. The van der Waals surface area contributed by atoms with Crippen LogP contribution in [0.4, 0.5) is 0 Å². The van der Waals surface area contributed by atoms with Crippen LogP contribution in [0.25, 0.3) is 21.9 Å². The van der Waals surface area contributed by atoms with E-state index >= 15 is 0 Å². The van der Waals surface area contributed by atoms with Crippen LogP contribution in [0.5, 0.6) is 5.75 Å². The van der Waals surface area contributed by atoms with Crippen LogP contribution in [0, 0.1) is 5.41 Å². The third-order valence-corrected chi connectivity index (χ3v) is 8.65. The third-order valence-electron chi connectivity index (χ3n) is 7.40. The van der Waals surface area contributed by atoms with E-state index < -0.39 is 5.41 Å². The number of ether oxygens (including phenoxy) is 1. The number of carbonyl (C=O) groups is 1. The predicted octanol–water partition coefficient (Wildman–Crippen LogP) is 6.46. The Hall–Kier alpha value is -2.38. The lowest BCUT2D eigenvalue weighted by molar-refractivity contribution is -0.144. The molecular formula is C25H19Br2N3O2. The number of fused-ring (bicyclic) bond motifs is 7. The van der Waals surface area contributed by atoms with Crippen molar-refractivity contribution in [3.8, 4) is 5.75 Å². The monoisotopic (exact) mass is 551 g/mol. The first-order valence-electron chi connectivity index (χ1n) is 10.6. The van der Waals surface area contributed by atoms with Gasteiger partial charge in [0.05, 0.1) is 26.9 Å². The maximum atomic E-state index is 14.0. The van der Waals surface area contributed by atoms with Gasteiger partial charge in [-0.1, -0.05) is 48.0 Å². The van der Waals surface area contributed by atoms with Gasteiger partial charge in [0.15, 0.2) is 5.75 Å². The minimum atomic E-state index is -0.850. The molecule has 2 aliphatic carbocycles. The second-order valence-corrected chi connectivity index (χ2v) is 10.8. The summed E-state index contributed by atoms with van der Waals surface area (Å²) in [7, 11) is 0. The van der Waals surface area contributed by atoms with Crippen molar-refractivity contribution in [2.75, 3.05) is 0 Å². The molecule has 1 saturated carbocycles. The number of nitrogens with zero attached hydrogens (tertiary/aromatic N) is 3. The molecule has 6 rings (SSSR count). The number of hydrogen-bond acceptors (Lipinski definition) is 5.